The molecule has 2 rings (SSSR count). The van der Waals surface area contributed by atoms with Crippen molar-refractivity contribution in [3.63, 3.8) is 0 Å². The molecule has 0 bridgehead atoms. The van der Waals surface area contributed by atoms with Crippen molar-refractivity contribution in [3.8, 4) is 0 Å². The van der Waals surface area contributed by atoms with Gasteiger partial charge in [-0.1, -0.05) is 51.1 Å². The highest BCUT2D eigenvalue weighted by Gasteiger charge is 2.35. The van der Waals surface area contributed by atoms with Crippen molar-refractivity contribution in [2.45, 2.75) is 45.7 Å². The van der Waals surface area contributed by atoms with Crippen LogP contribution < -0.4 is 5.32 Å². The Morgan fingerprint density at radius 1 is 1.25 bits per heavy atom. The Hall–Kier alpha value is -0.860. The van der Waals surface area contributed by atoms with Crippen molar-refractivity contribution in [1.29, 1.82) is 0 Å². The van der Waals surface area contributed by atoms with E-state index in [-0.39, 0.29) is 0 Å². The Morgan fingerprint density at radius 3 is 2.40 bits per heavy atom. The van der Waals surface area contributed by atoms with Crippen LogP contribution in [0.4, 0.5) is 0 Å². The molecule has 0 aromatic heterocycles. The van der Waals surface area contributed by atoms with E-state index in [0.29, 0.717) is 12.1 Å². The molecule has 0 aliphatic heterocycles. The van der Waals surface area contributed by atoms with Gasteiger partial charge in [-0.3, -0.25) is 0 Å². The van der Waals surface area contributed by atoms with Crippen LogP contribution in [0.2, 0.25) is 0 Å². The minimum absolute atomic E-state index is 0.435. The van der Waals surface area contributed by atoms with Gasteiger partial charge in [0.2, 0.25) is 0 Å². The minimum atomic E-state index is 0.435. The Bertz CT molecular complexity index is 390. The first-order valence-corrected chi connectivity index (χ1v) is 8.15. The fourth-order valence-electron chi connectivity index (χ4n) is 3.32. The summed E-state index contributed by atoms with van der Waals surface area (Å²) >= 11 is 0. The van der Waals surface area contributed by atoms with Gasteiger partial charge in [-0.25, -0.2) is 0 Å². The van der Waals surface area contributed by atoms with E-state index < -0.39 is 0 Å². The van der Waals surface area contributed by atoms with Gasteiger partial charge in [-0.05, 0) is 43.8 Å². The van der Waals surface area contributed by atoms with Gasteiger partial charge < -0.3 is 10.2 Å². The highest BCUT2D eigenvalue weighted by atomic mass is 15.2. The molecule has 1 aromatic carbocycles. The third-order valence-corrected chi connectivity index (χ3v) is 4.75. The molecular weight excluding hydrogens is 244 g/mol. The van der Waals surface area contributed by atoms with Gasteiger partial charge in [-0.15, -0.1) is 0 Å². The van der Waals surface area contributed by atoms with Crippen LogP contribution in [0.15, 0.2) is 30.3 Å². The summed E-state index contributed by atoms with van der Waals surface area (Å²) in [5.74, 6) is 1.86. The normalized spacial score (nSPS) is 24.6. The van der Waals surface area contributed by atoms with E-state index in [1.807, 2.05) is 0 Å². The smallest absolute Gasteiger partial charge is 0.0477 e. The van der Waals surface area contributed by atoms with E-state index in [9.17, 15) is 0 Å². The molecule has 2 nitrogen and oxygen atoms in total. The number of nitrogens with one attached hydrogen (secondary N) is 1. The first kappa shape index (κ1) is 15.5. The fraction of sp³-hybridized carbons (Fsp3) is 0.667. The van der Waals surface area contributed by atoms with Crippen molar-refractivity contribution in [3.05, 3.63) is 35.9 Å². The number of likely N-dealkylation sites (N-methyl/N-ethyl adjacent to an activating group) is 2. The minimum Gasteiger partial charge on any atom is -0.309 e. The summed E-state index contributed by atoms with van der Waals surface area (Å²) in [6, 6.07) is 11.9. The molecule has 20 heavy (non-hydrogen) atoms. The van der Waals surface area contributed by atoms with Gasteiger partial charge in [0.1, 0.15) is 0 Å². The Kier molecular flexibility index (Phi) is 5.62. The number of hydrogen-bond acceptors (Lipinski definition) is 2. The molecule has 1 aromatic rings. The third-order valence-electron chi connectivity index (χ3n) is 4.75. The van der Waals surface area contributed by atoms with Gasteiger partial charge in [0, 0.05) is 18.6 Å². The number of rotatable bonds is 8. The van der Waals surface area contributed by atoms with E-state index in [2.05, 4.69) is 68.4 Å². The van der Waals surface area contributed by atoms with Crippen LogP contribution >= 0.6 is 0 Å². The average Bonchev–Trinajstić information content (AvgIpc) is 3.15. The lowest BCUT2D eigenvalue weighted by Crippen LogP contribution is -2.43. The summed E-state index contributed by atoms with van der Waals surface area (Å²) in [7, 11) is 2.30. The molecule has 0 heterocycles. The summed E-state index contributed by atoms with van der Waals surface area (Å²) in [6.45, 7) is 9.15. The summed E-state index contributed by atoms with van der Waals surface area (Å²) in [5.41, 5.74) is 1.41. The standard InChI is InChI=1S/C18H30N2/c1-5-17(20(4)13-16-12-14(16)3)18(19-6-2)15-10-8-7-9-11-15/h7-11,14,16-19H,5-6,12-13H2,1-4H3. The Morgan fingerprint density at radius 2 is 1.90 bits per heavy atom. The van der Waals surface area contributed by atoms with Crippen LogP contribution in [-0.4, -0.2) is 31.1 Å². The molecule has 1 aliphatic rings. The second-order valence-corrected chi connectivity index (χ2v) is 6.33. The molecule has 0 spiro atoms. The number of nitrogens with zero attached hydrogens (tertiary/aromatic N) is 1. The molecule has 4 atom stereocenters. The van der Waals surface area contributed by atoms with Crippen molar-refractivity contribution in [2.24, 2.45) is 11.8 Å². The lowest BCUT2D eigenvalue weighted by molar-refractivity contribution is 0.178. The van der Waals surface area contributed by atoms with Crippen molar-refractivity contribution in [1.82, 2.24) is 10.2 Å². The molecule has 4 unspecified atom stereocenters. The number of benzene rings is 1. The largest absolute Gasteiger partial charge is 0.309 e. The quantitative estimate of drug-likeness (QED) is 0.777. The Labute approximate surface area is 124 Å². The molecule has 1 fully saturated rings. The van der Waals surface area contributed by atoms with E-state index >= 15 is 0 Å². The maximum Gasteiger partial charge on any atom is 0.0477 e. The molecule has 2 heteroatoms. The van der Waals surface area contributed by atoms with Crippen LogP contribution in [0.3, 0.4) is 0 Å². The monoisotopic (exact) mass is 274 g/mol. The zero-order valence-corrected chi connectivity index (χ0v) is 13.5. The molecule has 1 saturated carbocycles. The topological polar surface area (TPSA) is 15.3 Å². The SMILES string of the molecule is CCNC(c1ccccc1)C(CC)N(C)CC1CC1C. The van der Waals surface area contributed by atoms with Crippen LogP contribution in [0, 0.1) is 11.8 Å². The second kappa shape index (κ2) is 7.24. The molecule has 0 saturated heterocycles. The van der Waals surface area contributed by atoms with E-state index in [1.54, 1.807) is 0 Å². The summed E-state index contributed by atoms with van der Waals surface area (Å²) in [4.78, 5) is 2.58. The lowest BCUT2D eigenvalue weighted by atomic mass is 9.96. The van der Waals surface area contributed by atoms with Crippen LogP contribution in [0.1, 0.15) is 45.2 Å². The van der Waals surface area contributed by atoms with Gasteiger partial charge in [-0.2, -0.15) is 0 Å². The molecule has 112 valence electrons. The maximum atomic E-state index is 3.69. The van der Waals surface area contributed by atoms with Gasteiger partial charge >= 0.3 is 0 Å². The van der Waals surface area contributed by atoms with Crippen LogP contribution in [0.25, 0.3) is 0 Å². The summed E-state index contributed by atoms with van der Waals surface area (Å²) < 4.78 is 0. The molecule has 0 radical (unpaired) electrons. The summed E-state index contributed by atoms with van der Waals surface area (Å²) in [6.07, 6.45) is 2.60. The zero-order chi connectivity index (χ0) is 14.5. The fourth-order valence-corrected chi connectivity index (χ4v) is 3.32. The number of hydrogen-bond donors (Lipinski definition) is 1. The third kappa shape index (κ3) is 3.83. The zero-order valence-electron chi connectivity index (χ0n) is 13.5. The highest BCUT2D eigenvalue weighted by molar-refractivity contribution is 5.20. The first-order valence-electron chi connectivity index (χ1n) is 8.15. The first-order chi connectivity index (χ1) is 9.67. The van der Waals surface area contributed by atoms with Crippen molar-refractivity contribution >= 4 is 0 Å². The Balaban J connectivity index is 2.08. The molecular formula is C18H30N2. The molecule has 1 N–H and O–H groups in total. The lowest BCUT2D eigenvalue weighted by Gasteiger charge is -2.35. The predicted octanol–water partition coefficient (Wildman–Crippen LogP) is 3.70. The van der Waals surface area contributed by atoms with E-state index in [1.165, 1.54) is 24.9 Å². The van der Waals surface area contributed by atoms with E-state index in [4.69, 9.17) is 0 Å². The maximum absolute atomic E-state index is 3.69. The average molecular weight is 274 g/mol. The molecule has 0 amide bonds. The van der Waals surface area contributed by atoms with E-state index in [0.717, 1.165) is 18.4 Å². The van der Waals surface area contributed by atoms with Crippen molar-refractivity contribution in [2.75, 3.05) is 20.1 Å². The second-order valence-electron chi connectivity index (χ2n) is 6.33. The van der Waals surface area contributed by atoms with Crippen LogP contribution in [0.5, 0.6) is 0 Å². The van der Waals surface area contributed by atoms with Gasteiger partial charge in [0.25, 0.3) is 0 Å². The predicted molar refractivity (Wildman–Crippen MR) is 86.8 cm³/mol. The van der Waals surface area contributed by atoms with Crippen molar-refractivity contribution < 1.29 is 0 Å². The summed E-state index contributed by atoms with van der Waals surface area (Å²) in [5, 5.41) is 3.69. The highest BCUT2D eigenvalue weighted by Crippen LogP contribution is 2.39. The van der Waals surface area contributed by atoms with Gasteiger partial charge in [0.05, 0.1) is 0 Å². The molecule has 1 aliphatic carbocycles. The van der Waals surface area contributed by atoms with Gasteiger partial charge in [0.15, 0.2) is 0 Å². The van der Waals surface area contributed by atoms with Crippen LogP contribution in [-0.2, 0) is 0 Å².